The van der Waals surface area contributed by atoms with Gasteiger partial charge in [-0.2, -0.15) is 13.2 Å². The van der Waals surface area contributed by atoms with Gasteiger partial charge in [0.1, 0.15) is 0 Å². The number of hydrogen-bond donors (Lipinski definition) is 2. The minimum atomic E-state index is -4.90. The topological polar surface area (TPSA) is 41.1 Å². The second kappa shape index (κ2) is 7.04. The van der Waals surface area contributed by atoms with E-state index in [0.717, 1.165) is 21.3 Å². The number of alkyl halides is 3. The molecule has 7 heteroatoms. The van der Waals surface area contributed by atoms with E-state index in [1.807, 2.05) is 30.4 Å². The summed E-state index contributed by atoms with van der Waals surface area (Å²) in [6.07, 6.45) is -4.90. The summed E-state index contributed by atoms with van der Waals surface area (Å²) >= 11 is 3.39. The van der Waals surface area contributed by atoms with E-state index in [4.69, 9.17) is 0 Å². The maximum Gasteiger partial charge on any atom is 0.471 e. The second-order valence-corrected chi connectivity index (χ2v) is 5.88. The van der Waals surface area contributed by atoms with Crippen LogP contribution in [0.4, 0.5) is 24.5 Å². The van der Waals surface area contributed by atoms with Crippen LogP contribution < -0.4 is 10.6 Å². The molecule has 0 atom stereocenters. The first-order valence-corrected chi connectivity index (χ1v) is 7.52. The molecule has 2 aromatic rings. The Kier molecular flexibility index (Phi) is 5.30. The third-order valence-corrected chi connectivity index (χ3v) is 3.62. The fourth-order valence-electron chi connectivity index (χ4n) is 1.94. The number of carbonyl (C=O) groups is 1. The van der Waals surface area contributed by atoms with Crippen molar-refractivity contribution in [2.75, 3.05) is 10.6 Å². The third kappa shape index (κ3) is 4.99. The zero-order valence-electron chi connectivity index (χ0n) is 12.2. The maximum atomic E-state index is 12.3. The number of rotatable bonds is 4. The van der Waals surface area contributed by atoms with E-state index in [1.54, 1.807) is 12.1 Å². The molecule has 122 valence electrons. The molecular weight excluding hydrogens is 373 g/mol. The molecule has 0 aliphatic carbocycles. The molecule has 0 aliphatic rings. The highest BCUT2D eigenvalue weighted by atomic mass is 79.9. The molecule has 2 aromatic carbocycles. The minimum absolute atomic E-state index is 0.109. The average molecular weight is 387 g/mol. The van der Waals surface area contributed by atoms with Crippen molar-refractivity contribution < 1.29 is 18.0 Å². The molecule has 0 radical (unpaired) electrons. The molecule has 0 unspecified atom stereocenters. The van der Waals surface area contributed by atoms with Crippen molar-refractivity contribution in [1.29, 1.82) is 0 Å². The van der Waals surface area contributed by atoms with Crippen LogP contribution in [-0.4, -0.2) is 12.1 Å². The monoisotopic (exact) mass is 386 g/mol. The Labute approximate surface area is 140 Å². The number of hydrogen-bond acceptors (Lipinski definition) is 2. The van der Waals surface area contributed by atoms with Gasteiger partial charge in [-0.15, -0.1) is 0 Å². The Bertz CT molecular complexity index is 717. The summed E-state index contributed by atoms with van der Waals surface area (Å²) in [7, 11) is 0. The van der Waals surface area contributed by atoms with Crippen LogP contribution in [0, 0.1) is 6.92 Å². The summed E-state index contributed by atoms with van der Waals surface area (Å²) in [4.78, 5) is 10.9. The second-order valence-electron chi connectivity index (χ2n) is 4.97. The van der Waals surface area contributed by atoms with Gasteiger partial charge in [0.25, 0.3) is 0 Å². The maximum absolute atomic E-state index is 12.3. The van der Waals surface area contributed by atoms with Crippen LogP contribution in [0.1, 0.15) is 11.1 Å². The lowest BCUT2D eigenvalue weighted by molar-refractivity contribution is -0.167. The van der Waals surface area contributed by atoms with Gasteiger partial charge in [0.2, 0.25) is 0 Å². The Morgan fingerprint density at radius 3 is 2.61 bits per heavy atom. The lowest BCUT2D eigenvalue weighted by Crippen LogP contribution is -2.29. The Morgan fingerprint density at radius 2 is 1.91 bits per heavy atom. The van der Waals surface area contributed by atoms with Crippen molar-refractivity contribution in [2.24, 2.45) is 0 Å². The predicted molar refractivity (Wildman–Crippen MR) is 87.3 cm³/mol. The number of amides is 1. The van der Waals surface area contributed by atoms with Crippen LogP contribution in [0.3, 0.4) is 0 Å². The highest BCUT2D eigenvalue weighted by Gasteiger charge is 2.38. The normalized spacial score (nSPS) is 11.2. The van der Waals surface area contributed by atoms with Crippen LogP contribution in [0.2, 0.25) is 0 Å². The number of halogens is 4. The molecule has 1 amide bonds. The van der Waals surface area contributed by atoms with E-state index in [9.17, 15) is 18.0 Å². The van der Waals surface area contributed by atoms with Gasteiger partial charge in [0, 0.05) is 22.4 Å². The Hall–Kier alpha value is -2.02. The largest absolute Gasteiger partial charge is 0.471 e. The van der Waals surface area contributed by atoms with E-state index in [0.29, 0.717) is 6.54 Å². The van der Waals surface area contributed by atoms with E-state index in [1.165, 1.54) is 12.1 Å². The van der Waals surface area contributed by atoms with Crippen molar-refractivity contribution in [2.45, 2.75) is 19.6 Å². The fraction of sp³-hybridized carbons (Fsp3) is 0.188. The van der Waals surface area contributed by atoms with Crippen molar-refractivity contribution in [3.8, 4) is 0 Å². The number of carbonyl (C=O) groups excluding carboxylic acids is 1. The van der Waals surface area contributed by atoms with Gasteiger partial charge in [0.05, 0.1) is 0 Å². The smallest absolute Gasteiger partial charge is 0.381 e. The molecule has 0 aliphatic heterocycles. The third-order valence-electron chi connectivity index (χ3n) is 3.12. The van der Waals surface area contributed by atoms with Gasteiger partial charge in [0.15, 0.2) is 0 Å². The van der Waals surface area contributed by atoms with Crippen LogP contribution in [0.25, 0.3) is 0 Å². The average Bonchev–Trinajstić information content (AvgIpc) is 2.47. The first kappa shape index (κ1) is 17.3. The van der Waals surface area contributed by atoms with Gasteiger partial charge in [-0.3, -0.25) is 4.79 Å². The molecule has 3 nitrogen and oxygen atoms in total. The predicted octanol–water partition coefficient (Wildman–Crippen LogP) is 4.87. The molecule has 0 saturated heterocycles. The summed E-state index contributed by atoms with van der Waals surface area (Å²) in [6.45, 7) is 2.38. The molecule has 0 bridgehead atoms. The fourth-order valence-corrected chi connectivity index (χ4v) is 2.30. The van der Waals surface area contributed by atoms with E-state index >= 15 is 0 Å². The number of nitrogens with one attached hydrogen (secondary N) is 2. The summed E-state index contributed by atoms with van der Waals surface area (Å²) in [5.74, 6) is -1.98. The summed E-state index contributed by atoms with van der Waals surface area (Å²) in [6, 6.07) is 12.1. The lowest BCUT2D eigenvalue weighted by atomic mass is 10.1. The van der Waals surface area contributed by atoms with E-state index < -0.39 is 12.1 Å². The summed E-state index contributed by atoms with van der Waals surface area (Å²) < 4.78 is 37.7. The SMILES string of the molecule is Cc1ccc(Br)cc1NCc1cccc(NC(=O)C(F)(F)F)c1. The Morgan fingerprint density at radius 1 is 1.17 bits per heavy atom. The molecule has 2 N–H and O–H groups in total. The number of anilines is 2. The molecular formula is C16H14BrF3N2O. The molecule has 0 saturated carbocycles. The van der Waals surface area contributed by atoms with Gasteiger partial charge in [-0.1, -0.05) is 34.1 Å². The summed E-state index contributed by atoms with van der Waals surface area (Å²) in [5.41, 5.74) is 2.83. The van der Waals surface area contributed by atoms with Crippen LogP contribution in [0.5, 0.6) is 0 Å². The zero-order chi connectivity index (χ0) is 17.0. The van der Waals surface area contributed by atoms with Gasteiger partial charge in [-0.25, -0.2) is 0 Å². The van der Waals surface area contributed by atoms with E-state index in [-0.39, 0.29) is 5.69 Å². The molecule has 0 aromatic heterocycles. The van der Waals surface area contributed by atoms with Crippen molar-refractivity contribution >= 4 is 33.2 Å². The quantitative estimate of drug-likeness (QED) is 0.786. The first-order valence-electron chi connectivity index (χ1n) is 6.73. The van der Waals surface area contributed by atoms with Gasteiger partial charge < -0.3 is 10.6 Å². The molecule has 0 spiro atoms. The van der Waals surface area contributed by atoms with Crippen molar-refractivity contribution in [1.82, 2.24) is 0 Å². The number of aryl methyl sites for hydroxylation is 1. The standard InChI is InChI=1S/C16H14BrF3N2O/c1-10-5-6-12(17)8-14(10)21-9-11-3-2-4-13(7-11)22-15(23)16(18,19)20/h2-8,21H,9H2,1H3,(H,22,23). The van der Waals surface area contributed by atoms with Crippen LogP contribution in [0.15, 0.2) is 46.9 Å². The molecule has 0 heterocycles. The van der Waals surface area contributed by atoms with Gasteiger partial charge in [-0.05, 0) is 42.3 Å². The van der Waals surface area contributed by atoms with Gasteiger partial charge >= 0.3 is 12.1 Å². The van der Waals surface area contributed by atoms with Crippen molar-refractivity contribution in [3.63, 3.8) is 0 Å². The first-order chi connectivity index (χ1) is 10.8. The summed E-state index contributed by atoms with van der Waals surface area (Å²) in [5, 5.41) is 5.06. The molecule has 2 rings (SSSR count). The Balaban J connectivity index is 2.05. The van der Waals surface area contributed by atoms with E-state index in [2.05, 4.69) is 21.2 Å². The zero-order valence-corrected chi connectivity index (χ0v) is 13.8. The highest BCUT2D eigenvalue weighted by Crippen LogP contribution is 2.22. The minimum Gasteiger partial charge on any atom is -0.381 e. The lowest BCUT2D eigenvalue weighted by Gasteiger charge is -2.12. The van der Waals surface area contributed by atoms with Crippen LogP contribution in [-0.2, 0) is 11.3 Å². The number of benzene rings is 2. The molecule has 23 heavy (non-hydrogen) atoms. The molecule has 0 fully saturated rings. The van der Waals surface area contributed by atoms with Crippen LogP contribution >= 0.6 is 15.9 Å². The van der Waals surface area contributed by atoms with Crippen molar-refractivity contribution in [3.05, 3.63) is 58.1 Å². The highest BCUT2D eigenvalue weighted by molar-refractivity contribution is 9.10.